The molecule has 2 aromatic rings. The van der Waals surface area contributed by atoms with Crippen molar-refractivity contribution >= 4 is 38.3 Å². The van der Waals surface area contributed by atoms with E-state index < -0.39 is 0 Å². The summed E-state index contributed by atoms with van der Waals surface area (Å²) in [5.74, 6) is 0. The first-order valence-corrected chi connectivity index (χ1v) is 5.05. The van der Waals surface area contributed by atoms with Gasteiger partial charge in [0.1, 0.15) is 0 Å². The van der Waals surface area contributed by atoms with Crippen LogP contribution in [0.3, 0.4) is 0 Å². The average molecular weight is 257 g/mol. The molecule has 1 nitrogen and oxygen atoms in total. The number of nitrogens with zero attached hydrogens (tertiary/aromatic N) is 1. The number of fused-ring (bicyclic) bond motifs is 1. The van der Waals surface area contributed by atoms with Gasteiger partial charge in [-0.15, -0.1) is 0 Å². The lowest BCUT2D eigenvalue weighted by Crippen LogP contribution is -1.81. The number of aromatic nitrogens is 1. The Balaban J connectivity index is 2.81. The van der Waals surface area contributed by atoms with Gasteiger partial charge in [0.2, 0.25) is 0 Å². The normalized spacial score (nSPS) is 10.7. The summed E-state index contributed by atoms with van der Waals surface area (Å²) in [6.45, 7) is 1.97. The molecule has 0 N–H and O–H groups in total. The fourth-order valence-electron chi connectivity index (χ4n) is 1.25. The third kappa shape index (κ3) is 1.69. The van der Waals surface area contributed by atoms with Gasteiger partial charge in [-0.2, -0.15) is 0 Å². The summed E-state index contributed by atoms with van der Waals surface area (Å²) < 4.78 is 0.910. The van der Waals surface area contributed by atoms with E-state index in [1.165, 1.54) is 0 Å². The van der Waals surface area contributed by atoms with Crippen LogP contribution in [0.4, 0.5) is 0 Å². The topological polar surface area (TPSA) is 12.9 Å². The zero-order valence-electron chi connectivity index (χ0n) is 7.01. The van der Waals surface area contributed by atoms with E-state index in [-0.39, 0.29) is 0 Å². The van der Waals surface area contributed by atoms with Crippen molar-refractivity contribution in [2.45, 2.75) is 6.92 Å². The summed E-state index contributed by atoms with van der Waals surface area (Å²) in [7, 11) is 0. The fraction of sp³-hybridized carbons (Fsp3) is 0.100. The molecule has 66 valence electrons. The third-order valence-corrected chi connectivity index (χ3v) is 3.09. The van der Waals surface area contributed by atoms with Crippen molar-refractivity contribution in [3.8, 4) is 0 Å². The fourth-order valence-corrected chi connectivity index (χ4v) is 1.78. The summed E-state index contributed by atoms with van der Waals surface area (Å²) in [6, 6.07) is 5.94. The molecule has 1 aromatic heterocycles. The summed E-state index contributed by atoms with van der Waals surface area (Å²) in [4.78, 5) is 4.21. The largest absolute Gasteiger partial charge is 0.261 e. The maximum Gasteiger partial charge on any atom is 0.0554 e. The SMILES string of the molecule is Cc1cc2cc(Cl)c(Br)cc2cn1. The summed E-state index contributed by atoms with van der Waals surface area (Å²) in [5, 5.41) is 2.96. The van der Waals surface area contributed by atoms with E-state index in [1.807, 2.05) is 31.3 Å². The van der Waals surface area contributed by atoms with Crippen LogP contribution in [0.25, 0.3) is 10.8 Å². The van der Waals surface area contributed by atoms with Crippen molar-refractivity contribution in [1.82, 2.24) is 4.98 Å². The van der Waals surface area contributed by atoms with E-state index in [0.717, 1.165) is 26.0 Å². The van der Waals surface area contributed by atoms with Crippen molar-refractivity contribution in [2.75, 3.05) is 0 Å². The summed E-state index contributed by atoms with van der Waals surface area (Å²) >= 11 is 9.35. The molecule has 13 heavy (non-hydrogen) atoms. The zero-order chi connectivity index (χ0) is 9.42. The van der Waals surface area contributed by atoms with Crippen molar-refractivity contribution in [3.63, 3.8) is 0 Å². The molecule has 0 unspecified atom stereocenters. The Labute approximate surface area is 89.9 Å². The van der Waals surface area contributed by atoms with E-state index >= 15 is 0 Å². The highest BCUT2D eigenvalue weighted by molar-refractivity contribution is 9.10. The Hall–Kier alpha value is -0.600. The average Bonchev–Trinajstić information content (AvgIpc) is 2.08. The number of hydrogen-bond acceptors (Lipinski definition) is 1. The number of halogens is 2. The molecule has 0 spiro atoms. The van der Waals surface area contributed by atoms with Crippen LogP contribution in [-0.4, -0.2) is 4.98 Å². The van der Waals surface area contributed by atoms with E-state index in [1.54, 1.807) is 0 Å². The van der Waals surface area contributed by atoms with E-state index in [0.29, 0.717) is 0 Å². The van der Waals surface area contributed by atoms with Gasteiger partial charge in [-0.25, -0.2) is 0 Å². The molecule has 2 rings (SSSR count). The lowest BCUT2D eigenvalue weighted by molar-refractivity contribution is 1.22. The van der Waals surface area contributed by atoms with Gasteiger partial charge in [0.05, 0.1) is 5.02 Å². The van der Waals surface area contributed by atoms with Crippen molar-refractivity contribution in [2.24, 2.45) is 0 Å². The molecule has 1 aromatic carbocycles. The zero-order valence-corrected chi connectivity index (χ0v) is 9.35. The Morgan fingerprint density at radius 2 is 2.00 bits per heavy atom. The Morgan fingerprint density at radius 3 is 2.77 bits per heavy atom. The van der Waals surface area contributed by atoms with Gasteiger partial charge in [-0.05, 0) is 46.4 Å². The van der Waals surface area contributed by atoms with Crippen LogP contribution in [0.2, 0.25) is 5.02 Å². The number of pyridine rings is 1. The molecule has 0 aliphatic carbocycles. The van der Waals surface area contributed by atoms with Gasteiger partial charge in [0, 0.05) is 21.7 Å². The van der Waals surface area contributed by atoms with Crippen molar-refractivity contribution < 1.29 is 0 Å². The minimum absolute atomic E-state index is 0.734. The van der Waals surface area contributed by atoms with E-state index in [4.69, 9.17) is 11.6 Å². The predicted molar refractivity (Wildman–Crippen MR) is 59.2 cm³/mol. The first-order valence-electron chi connectivity index (χ1n) is 3.88. The molecule has 0 saturated carbocycles. The second-order valence-electron chi connectivity index (χ2n) is 2.94. The van der Waals surface area contributed by atoms with Gasteiger partial charge < -0.3 is 0 Å². The molecule has 0 aliphatic heterocycles. The Morgan fingerprint density at radius 1 is 1.23 bits per heavy atom. The minimum Gasteiger partial charge on any atom is -0.261 e. The van der Waals surface area contributed by atoms with E-state index in [9.17, 15) is 0 Å². The quantitative estimate of drug-likeness (QED) is 0.695. The van der Waals surface area contributed by atoms with E-state index in [2.05, 4.69) is 20.9 Å². The van der Waals surface area contributed by atoms with Crippen LogP contribution in [-0.2, 0) is 0 Å². The Bertz CT molecular complexity index is 468. The van der Waals surface area contributed by atoms with Crippen LogP contribution < -0.4 is 0 Å². The third-order valence-electron chi connectivity index (χ3n) is 1.90. The Kier molecular flexibility index (Phi) is 2.26. The standard InChI is InChI=1S/C10H7BrClN/c1-6-2-7-4-10(12)9(11)3-8(7)5-13-6/h2-5H,1H3. The number of benzene rings is 1. The molecule has 0 saturated heterocycles. The number of hydrogen-bond donors (Lipinski definition) is 0. The molecule has 3 heteroatoms. The molecule has 0 atom stereocenters. The lowest BCUT2D eigenvalue weighted by atomic mass is 10.1. The number of rotatable bonds is 0. The molecule has 0 aliphatic rings. The van der Waals surface area contributed by atoms with Crippen LogP contribution in [0.15, 0.2) is 28.9 Å². The maximum atomic E-state index is 5.97. The summed E-state index contributed by atoms with van der Waals surface area (Å²) in [6.07, 6.45) is 1.85. The first-order chi connectivity index (χ1) is 6.16. The van der Waals surface area contributed by atoms with Gasteiger partial charge in [0.15, 0.2) is 0 Å². The van der Waals surface area contributed by atoms with Crippen LogP contribution in [0, 0.1) is 6.92 Å². The van der Waals surface area contributed by atoms with Gasteiger partial charge in [0.25, 0.3) is 0 Å². The van der Waals surface area contributed by atoms with Gasteiger partial charge in [-0.1, -0.05) is 11.6 Å². The second-order valence-corrected chi connectivity index (χ2v) is 4.20. The number of aryl methyl sites for hydroxylation is 1. The monoisotopic (exact) mass is 255 g/mol. The van der Waals surface area contributed by atoms with Gasteiger partial charge >= 0.3 is 0 Å². The van der Waals surface area contributed by atoms with Crippen molar-refractivity contribution in [3.05, 3.63) is 39.6 Å². The minimum atomic E-state index is 0.734. The maximum absolute atomic E-state index is 5.97. The molecular formula is C10H7BrClN. The van der Waals surface area contributed by atoms with Crippen LogP contribution >= 0.6 is 27.5 Å². The lowest BCUT2D eigenvalue weighted by Gasteiger charge is -2.01. The summed E-state index contributed by atoms with van der Waals surface area (Å²) in [5.41, 5.74) is 1.01. The smallest absolute Gasteiger partial charge is 0.0554 e. The first kappa shape index (κ1) is 8.97. The molecule has 0 amide bonds. The van der Waals surface area contributed by atoms with Gasteiger partial charge in [-0.3, -0.25) is 4.98 Å². The molecule has 0 fully saturated rings. The van der Waals surface area contributed by atoms with Crippen molar-refractivity contribution in [1.29, 1.82) is 0 Å². The molecule has 0 bridgehead atoms. The predicted octanol–water partition coefficient (Wildman–Crippen LogP) is 3.96. The van der Waals surface area contributed by atoms with Crippen LogP contribution in [0.1, 0.15) is 5.69 Å². The highest BCUT2D eigenvalue weighted by Gasteiger charge is 2.00. The molecule has 0 radical (unpaired) electrons. The highest BCUT2D eigenvalue weighted by atomic mass is 79.9. The highest BCUT2D eigenvalue weighted by Crippen LogP contribution is 2.27. The molecule has 1 heterocycles. The molecular weight excluding hydrogens is 249 g/mol. The second kappa shape index (κ2) is 3.28. The van der Waals surface area contributed by atoms with Crippen LogP contribution in [0.5, 0.6) is 0 Å².